The molecule has 4 bridgehead atoms. The third kappa shape index (κ3) is 15.9. The molecule has 13 atom stereocenters. The summed E-state index contributed by atoms with van der Waals surface area (Å²) in [5.41, 5.74) is -1.28. The Kier molecular flexibility index (Phi) is 21.9. The maximum Gasteiger partial charge on any atom is 0.332 e. The third-order valence-electron chi connectivity index (χ3n) is 13.1. The van der Waals surface area contributed by atoms with Crippen molar-refractivity contribution in [3.8, 4) is 5.75 Å². The molecule has 0 aromatic heterocycles. The second-order valence-electron chi connectivity index (χ2n) is 19.1. The first-order valence-electron chi connectivity index (χ1n) is 24.4. The van der Waals surface area contributed by atoms with Gasteiger partial charge in [0.1, 0.15) is 66.9 Å². The Morgan fingerprint density at radius 2 is 1.46 bits per heavy atom. The first-order chi connectivity index (χ1) is 34.8. The van der Waals surface area contributed by atoms with Crippen molar-refractivity contribution in [2.75, 3.05) is 26.1 Å². The van der Waals surface area contributed by atoms with Gasteiger partial charge in [0.25, 0.3) is 0 Å². The smallest absolute Gasteiger partial charge is 0.332 e. The molecule has 406 valence electrons. The van der Waals surface area contributed by atoms with Crippen molar-refractivity contribution in [1.82, 2.24) is 36.8 Å². The molecule has 3 aliphatic rings. The molecule has 74 heavy (non-hydrogen) atoms. The summed E-state index contributed by atoms with van der Waals surface area (Å²) in [5.74, 6) is -11.8. The van der Waals surface area contributed by atoms with E-state index in [2.05, 4.69) is 31.9 Å². The normalized spacial score (nSPS) is 28.5. The first kappa shape index (κ1) is 59.9. The maximum atomic E-state index is 15.2. The Bertz CT molecular complexity index is 2360. The lowest BCUT2D eigenvalue weighted by Crippen LogP contribution is -2.61. The lowest BCUT2D eigenvalue weighted by molar-refractivity contribution is -0.160. The number of cyclic esters (lactones) is 1. The molecule has 0 saturated carbocycles. The quantitative estimate of drug-likeness (QED) is 0.110. The monoisotopic (exact) mass is 1060 g/mol. The number of hydrogen-bond acceptors (Lipinski definition) is 15. The van der Waals surface area contributed by atoms with Crippen LogP contribution in [0.3, 0.4) is 0 Å². The number of benzene rings is 2. The number of esters is 2. The van der Waals surface area contributed by atoms with Crippen LogP contribution < -0.4 is 36.6 Å². The minimum Gasteiger partial charge on any atom is -0.487 e. The summed E-state index contributed by atoms with van der Waals surface area (Å²) in [7, 11) is 1.29. The summed E-state index contributed by atoms with van der Waals surface area (Å²) in [6.07, 6.45) is -3.61. The fourth-order valence-electron chi connectivity index (χ4n) is 7.90. The number of ether oxygens (including phenoxy) is 3. The molecular formula is C51H70ClN7O15. The number of rotatable bonds is 10. The number of hydrogen-bond donors (Lipinski definition) is 9. The maximum absolute atomic E-state index is 15.2. The van der Waals surface area contributed by atoms with Crippen LogP contribution in [0.15, 0.2) is 66.7 Å². The van der Waals surface area contributed by atoms with Crippen LogP contribution in [0, 0.1) is 17.8 Å². The SMILES string of the molecule is CC[C@H](C)[C@@H]1NC(=O)[C@@H](NC(=O)[C@H](C)[C@H](O)C(C)C)[C@@H](C)OC(=O)[C@@H]2COC(=O)CNC(=O)/C=C/[C@](O)(CCl)[C@@H](C)Oc3ccc(cc3)[C@H](NC1=O)C(=O)N(C)[C@@H](Cc1ccccc1)C(=O)N[C@@H]([C@@H](C)O)C(=O)N2. The summed E-state index contributed by atoms with van der Waals surface area (Å²) in [4.78, 5) is 128. The van der Waals surface area contributed by atoms with Crippen molar-refractivity contribution >= 4 is 64.9 Å². The number of carbonyl (C=O) groups excluding carboxylic acids is 9. The molecule has 3 heterocycles. The highest BCUT2D eigenvalue weighted by Gasteiger charge is 2.42. The average Bonchev–Trinajstić information content (AvgIpc) is 3.37. The first-order valence-corrected chi connectivity index (χ1v) is 24.9. The zero-order valence-corrected chi connectivity index (χ0v) is 43.7. The number of nitrogens with one attached hydrogen (secondary N) is 6. The Labute approximate surface area is 435 Å². The van der Waals surface area contributed by atoms with Crippen LogP contribution in [0.4, 0.5) is 0 Å². The molecule has 9 N–H and O–H groups in total. The van der Waals surface area contributed by atoms with E-state index in [1.54, 1.807) is 58.0 Å². The average molecular weight is 1060 g/mol. The van der Waals surface area contributed by atoms with Crippen molar-refractivity contribution in [1.29, 1.82) is 0 Å². The van der Waals surface area contributed by atoms with Gasteiger partial charge in [-0.15, -0.1) is 11.6 Å². The fraction of sp³-hybridized carbons (Fsp3) is 0.549. The number of alkyl halides is 1. The number of nitrogens with zero attached hydrogens (tertiary/aromatic N) is 1. The lowest BCUT2D eigenvalue weighted by atomic mass is 9.93. The molecule has 23 heteroatoms. The molecule has 2 aromatic carbocycles. The summed E-state index contributed by atoms with van der Waals surface area (Å²) in [6.45, 7) is 10.2. The standard InChI is InChI=1S/C51H70ClN7O15/c1-10-27(4)39-46(66)58-42-33-16-18-34(19-17-33)74-31(8)51(71,25-52)21-20-37(61)53-23-38(62)72-24-35(50(70)73-30(7)41(48(68)55-39)57-44(64)28(5)43(63)26(2)3)54-47(67)40(29(6)60)56-45(65)36(59(9)49(42)69)22-32-14-12-11-13-15-32/h11-21,26-31,35-36,39-43,60,63,71H,10,22-25H2,1-9H3,(H,53,61)(H,54,67)(H,55,68)(H,56,65)(H,57,64)(H,58,66)/b21-20+/t27-,28+,29+,30+,31+,35-,36-,39-,40-,41-,42-,43+,51-/m0/s1. The molecule has 0 unspecified atom stereocenters. The Balaban J connectivity index is 2.03. The number of halogens is 1. The second kappa shape index (κ2) is 27.1. The highest BCUT2D eigenvalue weighted by molar-refractivity contribution is 6.18. The van der Waals surface area contributed by atoms with Crippen LogP contribution in [0.5, 0.6) is 5.75 Å². The minimum atomic E-state index is -1.98. The molecule has 5 rings (SSSR count). The van der Waals surface area contributed by atoms with E-state index >= 15 is 4.79 Å². The Morgan fingerprint density at radius 1 is 0.838 bits per heavy atom. The van der Waals surface area contributed by atoms with Gasteiger partial charge in [-0.05, 0) is 61.9 Å². The van der Waals surface area contributed by atoms with E-state index in [9.17, 15) is 53.7 Å². The Hall–Kier alpha value is -6.62. The molecule has 22 nitrogen and oxygen atoms in total. The number of aliphatic hydroxyl groups is 3. The number of aliphatic hydroxyl groups excluding tert-OH is 2. The minimum absolute atomic E-state index is 0.133. The number of likely N-dealkylation sites (N-methyl/N-ethyl adjacent to an activating group) is 1. The lowest BCUT2D eigenvalue weighted by Gasteiger charge is -2.34. The fourth-order valence-corrected chi connectivity index (χ4v) is 8.20. The highest BCUT2D eigenvalue weighted by atomic mass is 35.5. The van der Waals surface area contributed by atoms with Gasteiger partial charge in [-0.1, -0.05) is 83.5 Å². The van der Waals surface area contributed by atoms with Gasteiger partial charge in [0.2, 0.25) is 41.4 Å². The number of fused-ring (bicyclic) bond motifs is 11. The van der Waals surface area contributed by atoms with E-state index in [-0.39, 0.29) is 24.2 Å². The van der Waals surface area contributed by atoms with Crippen LogP contribution in [-0.2, 0) is 59.0 Å². The van der Waals surface area contributed by atoms with Crippen molar-refractivity contribution in [2.24, 2.45) is 17.8 Å². The molecule has 0 aliphatic carbocycles. The predicted octanol–water partition coefficient (Wildman–Crippen LogP) is -0.156. The third-order valence-corrected chi connectivity index (χ3v) is 13.6. The van der Waals surface area contributed by atoms with Gasteiger partial charge < -0.3 is 66.3 Å². The van der Waals surface area contributed by atoms with Gasteiger partial charge in [-0.25, -0.2) is 4.79 Å². The van der Waals surface area contributed by atoms with Crippen LogP contribution in [-0.4, -0.2) is 160 Å². The molecule has 1 saturated heterocycles. The van der Waals surface area contributed by atoms with Crippen molar-refractivity contribution in [3.05, 3.63) is 77.9 Å². The zero-order chi connectivity index (χ0) is 55.2. The van der Waals surface area contributed by atoms with Crippen LogP contribution in [0.2, 0.25) is 0 Å². The van der Waals surface area contributed by atoms with Gasteiger partial charge >= 0.3 is 11.9 Å². The van der Waals surface area contributed by atoms with Crippen molar-refractivity contribution in [3.63, 3.8) is 0 Å². The number of amides is 7. The van der Waals surface area contributed by atoms with Gasteiger partial charge in [-0.3, -0.25) is 38.4 Å². The highest BCUT2D eigenvalue weighted by Crippen LogP contribution is 2.26. The van der Waals surface area contributed by atoms with Gasteiger partial charge in [-0.2, -0.15) is 0 Å². The summed E-state index contributed by atoms with van der Waals surface area (Å²) < 4.78 is 17.0. The van der Waals surface area contributed by atoms with Gasteiger partial charge in [0.05, 0.1) is 24.0 Å². The van der Waals surface area contributed by atoms with Gasteiger partial charge in [0.15, 0.2) is 6.04 Å². The van der Waals surface area contributed by atoms with E-state index in [4.69, 9.17) is 25.8 Å². The molecule has 0 spiro atoms. The molecule has 7 amide bonds. The van der Waals surface area contributed by atoms with Crippen molar-refractivity contribution in [2.45, 2.75) is 134 Å². The molecule has 1 fully saturated rings. The summed E-state index contributed by atoms with van der Waals surface area (Å²) >= 11 is 6.17. The van der Waals surface area contributed by atoms with E-state index in [0.29, 0.717) is 5.56 Å². The zero-order valence-electron chi connectivity index (χ0n) is 43.0. The largest absolute Gasteiger partial charge is 0.487 e. The topological polar surface area (TPSA) is 317 Å². The predicted molar refractivity (Wildman–Crippen MR) is 267 cm³/mol. The Morgan fingerprint density at radius 3 is 2.05 bits per heavy atom. The molecule has 0 radical (unpaired) electrons. The van der Waals surface area contributed by atoms with Crippen LogP contribution in [0.1, 0.15) is 79.0 Å². The van der Waals surface area contributed by atoms with E-state index in [1.807, 2.05) is 0 Å². The van der Waals surface area contributed by atoms with E-state index < -0.39 is 156 Å². The summed E-state index contributed by atoms with van der Waals surface area (Å²) in [6, 6.07) is 4.00. The van der Waals surface area contributed by atoms with Crippen LogP contribution in [0.25, 0.3) is 0 Å². The molecule has 3 aliphatic heterocycles. The van der Waals surface area contributed by atoms with Crippen molar-refractivity contribution < 1.29 is 72.7 Å². The van der Waals surface area contributed by atoms with Crippen LogP contribution >= 0.6 is 11.6 Å². The molecular weight excluding hydrogens is 986 g/mol. The summed E-state index contributed by atoms with van der Waals surface area (Å²) in [5, 5.41) is 48.3. The van der Waals surface area contributed by atoms with E-state index in [1.165, 1.54) is 52.1 Å². The number of carbonyl (C=O) groups is 9. The molecule has 2 aromatic rings. The van der Waals surface area contributed by atoms with E-state index in [0.717, 1.165) is 24.0 Å². The van der Waals surface area contributed by atoms with Gasteiger partial charge in [0, 0.05) is 19.5 Å². The second-order valence-corrected chi connectivity index (χ2v) is 19.4.